The number of rotatable bonds is 9. The number of unbranched alkanes of at least 4 members (excludes halogenated alkanes) is 1. The zero-order chi connectivity index (χ0) is 11.7. The van der Waals surface area contributed by atoms with Gasteiger partial charge in [-0.15, -0.1) is 0 Å². The molecule has 0 aliphatic heterocycles. The highest BCUT2D eigenvalue weighted by Crippen LogP contribution is 2.49. The lowest BCUT2D eigenvalue weighted by molar-refractivity contribution is -0.0299. The average molecular weight is 259 g/mol. The molecule has 0 aromatic carbocycles. The fourth-order valence-corrected chi connectivity index (χ4v) is 2.42. The fraction of sp³-hybridized carbons (Fsp3) is 1.00. The first kappa shape index (κ1) is 15.4. The molecule has 0 aliphatic rings. The van der Waals surface area contributed by atoms with Gasteiger partial charge in [0, 0.05) is 6.16 Å². The highest BCUT2D eigenvalue weighted by Gasteiger charge is 2.25. The lowest BCUT2D eigenvalue weighted by Crippen LogP contribution is -2.11. The molecule has 0 saturated heterocycles. The van der Waals surface area contributed by atoms with E-state index in [2.05, 4.69) is 0 Å². The molecule has 0 aromatic heterocycles. The van der Waals surface area contributed by atoms with Crippen LogP contribution in [-0.2, 0) is 18.3 Å². The van der Waals surface area contributed by atoms with Crippen molar-refractivity contribution in [2.75, 3.05) is 19.4 Å². The van der Waals surface area contributed by atoms with E-state index in [-0.39, 0.29) is 0 Å². The maximum absolute atomic E-state index is 11.8. The molecule has 0 bridgehead atoms. The van der Waals surface area contributed by atoms with Gasteiger partial charge < -0.3 is 9.26 Å². The van der Waals surface area contributed by atoms with Gasteiger partial charge in [-0.25, -0.2) is 0 Å². The topological polar surface area (TPSA) is 44.8 Å². The minimum Gasteiger partial charge on any atom is -0.339 e. The van der Waals surface area contributed by atoms with Crippen molar-refractivity contribution in [1.82, 2.24) is 0 Å². The lowest BCUT2D eigenvalue weighted by Gasteiger charge is -2.19. The third-order valence-corrected chi connectivity index (χ3v) is 3.98. The fourth-order valence-electron chi connectivity index (χ4n) is 0.870. The summed E-state index contributed by atoms with van der Waals surface area (Å²) in [6.45, 7) is 6.37. The molecule has 2 atom stereocenters. The summed E-state index contributed by atoms with van der Waals surface area (Å²) in [6.07, 6.45) is 2.21. The molecule has 0 fully saturated rings. The van der Waals surface area contributed by atoms with Gasteiger partial charge in [-0.3, -0.25) is 9.09 Å². The van der Waals surface area contributed by atoms with Crippen molar-refractivity contribution in [1.29, 1.82) is 0 Å². The van der Waals surface area contributed by atoms with Crippen LogP contribution in [0.1, 0.15) is 33.6 Å². The van der Waals surface area contributed by atoms with E-state index in [1.165, 1.54) is 0 Å². The van der Waals surface area contributed by atoms with Crippen LogP contribution in [0.25, 0.3) is 0 Å². The van der Waals surface area contributed by atoms with Crippen LogP contribution in [0, 0.1) is 0 Å². The van der Waals surface area contributed by atoms with Crippen molar-refractivity contribution in [3.8, 4) is 0 Å². The van der Waals surface area contributed by atoms with E-state index >= 15 is 0 Å². The molecule has 0 spiro atoms. The van der Waals surface area contributed by atoms with Crippen LogP contribution in [0.15, 0.2) is 0 Å². The molecule has 15 heavy (non-hydrogen) atoms. The van der Waals surface area contributed by atoms with E-state index in [1.807, 2.05) is 6.92 Å². The number of alkyl halides is 1. The van der Waals surface area contributed by atoms with Crippen LogP contribution in [-0.4, -0.2) is 25.1 Å². The first-order valence-corrected chi connectivity index (χ1v) is 7.42. The van der Waals surface area contributed by atoms with Crippen molar-refractivity contribution in [3.63, 3.8) is 0 Å². The second-order valence-corrected chi connectivity index (χ2v) is 5.63. The van der Waals surface area contributed by atoms with Crippen molar-refractivity contribution < 1.29 is 18.3 Å². The summed E-state index contributed by atoms with van der Waals surface area (Å²) < 4.78 is 27.0. The molecular weight excluding hydrogens is 239 g/mol. The molecule has 0 aromatic rings. The van der Waals surface area contributed by atoms with E-state index in [1.54, 1.807) is 13.8 Å². The molecule has 4 nitrogen and oxygen atoms in total. The molecule has 0 radical (unpaired) electrons. The van der Waals surface area contributed by atoms with E-state index < -0.39 is 13.3 Å². The molecule has 0 saturated carbocycles. The molecule has 92 valence electrons. The minimum absolute atomic E-state index is 0.293. The normalized spacial score (nSPS) is 17.3. The summed E-state index contributed by atoms with van der Waals surface area (Å²) in [4.78, 5) is 0. The summed E-state index contributed by atoms with van der Waals surface area (Å²) >= 11 is 5.72. The van der Waals surface area contributed by atoms with E-state index in [0.29, 0.717) is 19.4 Å². The molecule has 0 aliphatic carbocycles. The Morgan fingerprint density at radius 1 is 1.33 bits per heavy atom. The van der Waals surface area contributed by atoms with Crippen LogP contribution in [0.2, 0.25) is 0 Å². The van der Waals surface area contributed by atoms with Gasteiger partial charge in [0.2, 0.25) is 5.75 Å². The van der Waals surface area contributed by atoms with E-state index in [0.717, 1.165) is 12.8 Å². The Morgan fingerprint density at radius 2 is 2.00 bits per heavy atom. The smallest absolute Gasteiger partial charge is 0.333 e. The van der Waals surface area contributed by atoms with Gasteiger partial charge in [-0.2, -0.15) is 0 Å². The zero-order valence-electron chi connectivity index (χ0n) is 9.57. The maximum atomic E-state index is 11.8. The Balaban J connectivity index is 3.90. The van der Waals surface area contributed by atoms with Crippen LogP contribution in [0.5, 0.6) is 0 Å². The summed E-state index contributed by atoms with van der Waals surface area (Å²) in [5.41, 5.74) is 0. The molecule has 0 rings (SSSR count). The minimum atomic E-state index is -3.06. The SMILES string of the molecule is CCCCOC(Cl)OP(=O)(CC)OCC. The standard InChI is InChI=1S/C9H20ClO4P/c1-4-7-8-12-9(10)14-15(11,6-3)13-5-2/h9H,4-8H2,1-3H3. The molecule has 6 heteroatoms. The maximum Gasteiger partial charge on any atom is 0.333 e. The second-order valence-electron chi connectivity index (χ2n) is 2.95. The summed E-state index contributed by atoms with van der Waals surface area (Å²) in [6, 6.07) is 0. The molecule has 0 amide bonds. The Hall–Kier alpha value is 0.400. The molecular formula is C9H20ClO4P. The monoisotopic (exact) mass is 258 g/mol. The average Bonchev–Trinajstić information content (AvgIpc) is 2.18. The van der Waals surface area contributed by atoms with Crippen LogP contribution >= 0.6 is 19.2 Å². The lowest BCUT2D eigenvalue weighted by atomic mass is 10.4. The van der Waals surface area contributed by atoms with Gasteiger partial charge in [0.05, 0.1) is 13.2 Å². The van der Waals surface area contributed by atoms with Gasteiger partial charge in [0.1, 0.15) is 0 Å². The van der Waals surface area contributed by atoms with Crippen LogP contribution in [0.3, 0.4) is 0 Å². The highest BCUT2D eigenvalue weighted by molar-refractivity contribution is 7.53. The van der Waals surface area contributed by atoms with Crippen LogP contribution < -0.4 is 0 Å². The van der Waals surface area contributed by atoms with Gasteiger partial charge in [-0.05, 0) is 13.3 Å². The third kappa shape index (κ3) is 7.31. The van der Waals surface area contributed by atoms with E-state index in [4.69, 9.17) is 25.4 Å². The van der Waals surface area contributed by atoms with Gasteiger partial charge >= 0.3 is 7.60 Å². The quantitative estimate of drug-likeness (QED) is 0.274. The van der Waals surface area contributed by atoms with Gasteiger partial charge in [-0.1, -0.05) is 31.9 Å². The van der Waals surface area contributed by atoms with Gasteiger partial charge in [0.15, 0.2) is 0 Å². The highest BCUT2D eigenvalue weighted by atomic mass is 35.5. The third-order valence-electron chi connectivity index (χ3n) is 1.70. The van der Waals surface area contributed by atoms with Crippen LogP contribution in [0.4, 0.5) is 0 Å². The largest absolute Gasteiger partial charge is 0.339 e. The predicted octanol–water partition coefficient (Wildman–Crippen LogP) is 3.59. The zero-order valence-corrected chi connectivity index (χ0v) is 11.2. The van der Waals surface area contributed by atoms with Crippen molar-refractivity contribution in [3.05, 3.63) is 0 Å². The molecule has 0 N–H and O–H groups in total. The Bertz CT molecular complexity index is 201. The first-order chi connectivity index (χ1) is 7.08. The molecule has 2 unspecified atom stereocenters. The predicted molar refractivity (Wildman–Crippen MR) is 61.4 cm³/mol. The summed E-state index contributed by atoms with van der Waals surface area (Å²) in [5, 5.41) is 0. The van der Waals surface area contributed by atoms with Gasteiger partial charge in [0.25, 0.3) is 0 Å². The van der Waals surface area contributed by atoms with Crippen molar-refractivity contribution in [2.45, 2.75) is 39.4 Å². The Labute approximate surface area is 96.8 Å². The second kappa shape index (κ2) is 8.54. The first-order valence-electron chi connectivity index (χ1n) is 5.25. The number of halogens is 1. The van der Waals surface area contributed by atoms with Crippen molar-refractivity contribution in [2.24, 2.45) is 0 Å². The number of hydrogen-bond acceptors (Lipinski definition) is 4. The molecule has 0 heterocycles. The Kier molecular flexibility index (Phi) is 8.77. The number of hydrogen-bond donors (Lipinski definition) is 0. The van der Waals surface area contributed by atoms with E-state index in [9.17, 15) is 4.57 Å². The van der Waals surface area contributed by atoms with Crippen molar-refractivity contribution >= 4 is 19.2 Å². The summed E-state index contributed by atoms with van der Waals surface area (Å²) in [7, 11) is -3.06. The summed E-state index contributed by atoms with van der Waals surface area (Å²) in [5.74, 6) is -0.992. The number of ether oxygens (including phenoxy) is 1. The Morgan fingerprint density at radius 3 is 2.47 bits per heavy atom.